The molecule has 0 radical (unpaired) electrons. The lowest BCUT2D eigenvalue weighted by Gasteiger charge is -2.30. The van der Waals surface area contributed by atoms with Gasteiger partial charge in [-0.05, 0) is 42.3 Å². The molecule has 1 N–H and O–H groups in total. The van der Waals surface area contributed by atoms with Gasteiger partial charge in [0.25, 0.3) is 0 Å². The van der Waals surface area contributed by atoms with Crippen LogP contribution in [0.3, 0.4) is 0 Å². The van der Waals surface area contributed by atoms with Crippen molar-refractivity contribution in [3.05, 3.63) is 35.4 Å². The van der Waals surface area contributed by atoms with Crippen LogP contribution in [0.15, 0.2) is 24.3 Å². The van der Waals surface area contributed by atoms with Crippen LogP contribution in [0.1, 0.15) is 58.1 Å². The molecule has 0 fully saturated rings. The molecule has 1 aromatic rings. The van der Waals surface area contributed by atoms with Gasteiger partial charge in [0.05, 0.1) is 0 Å². The zero-order valence-corrected chi connectivity index (χ0v) is 12.9. The lowest BCUT2D eigenvalue weighted by atomic mass is 9.83. The molecule has 1 nitrogen and oxygen atoms in total. The van der Waals surface area contributed by atoms with Crippen LogP contribution in [-0.4, -0.2) is 13.1 Å². The number of nitrogens with one attached hydrogen (secondary N) is 1. The molecule has 0 aliphatic rings. The van der Waals surface area contributed by atoms with Gasteiger partial charge in [-0.3, -0.25) is 0 Å². The Labute approximate surface area is 113 Å². The summed E-state index contributed by atoms with van der Waals surface area (Å²) in [6, 6.07) is 9.68. The van der Waals surface area contributed by atoms with Gasteiger partial charge in [-0.2, -0.15) is 0 Å². The fraction of sp³-hybridized carbons (Fsp3) is 0.647. The number of aryl methyl sites for hydroxylation is 1. The van der Waals surface area contributed by atoms with Crippen molar-refractivity contribution < 1.29 is 0 Å². The summed E-state index contributed by atoms with van der Waals surface area (Å²) in [5, 5.41) is 3.44. The van der Waals surface area contributed by atoms with Crippen molar-refractivity contribution in [2.75, 3.05) is 7.05 Å². The monoisotopic (exact) mass is 247 g/mol. The maximum Gasteiger partial charge on any atom is 0.0116 e. The van der Waals surface area contributed by atoms with Crippen molar-refractivity contribution >= 4 is 0 Å². The Balaban J connectivity index is 2.58. The van der Waals surface area contributed by atoms with Gasteiger partial charge in [-0.25, -0.2) is 0 Å². The fourth-order valence-corrected chi connectivity index (χ4v) is 2.39. The van der Waals surface area contributed by atoms with E-state index in [9.17, 15) is 0 Å². The van der Waals surface area contributed by atoms with E-state index in [0.717, 1.165) is 6.42 Å². The van der Waals surface area contributed by atoms with Crippen molar-refractivity contribution in [1.29, 1.82) is 0 Å². The van der Waals surface area contributed by atoms with Gasteiger partial charge < -0.3 is 5.32 Å². The van der Waals surface area contributed by atoms with Crippen molar-refractivity contribution in [3.8, 4) is 0 Å². The van der Waals surface area contributed by atoms with Crippen molar-refractivity contribution in [1.82, 2.24) is 5.32 Å². The van der Waals surface area contributed by atoms with Crippen LogP contribution in [0.5, 0.6) is 0 Å². The highest BCUT2D eigenvalue weighted by Gasteiger charge is 2.22. The normalized spacial score (nSPS) is 13.9. The predicted molar refractivity (Wildman–Crippen MR) is 81.2 cm³/mol. The topological polar surface area (TPSA) is 12.0 Å². The summed E-state index contributed by atoms with van der Waals surface area (Å²) in [5.41, 5.74) is 3.20. The summed E-state index contributed by atoms with van der Waals surface area (Å²) in [4.78, 5) is 0. The molecule has 18 heavy (non-hydrogen) atoms. The van der Waals surface area contributed by atoms with Gasteiger partial charge in [0.15, 0.2) is 0 Å². The van der Waals surface area contributed by atoms with Crippen LogP contribution in [0, 0.1) is 5.41 Å². The van der Waals surface area contributed by atoms with Crippen LogP contribution in [0.4, 0.5) is 0 Å². The maximum atomic E-state index is 3.44. The van der Waals surface area contributed by atoms with Crippen molar-refractivity contribution in [2.24, 2.45) is 5.41 Å². The van der Waals surface area contributed by atoms with E-state index in [4.69, 9.17) is 0 Å². The summed E-state index contributed by atoms with van der Waals surface area (Å²) >= 11 is 0. The summed E-state index contributed by atoms with van der Waals surface area (Å²) in [6.07, 6.45) is 2.35. The minimum atomic E-state index is 0.326. The Morgan fingerprint density at radius 3 is 2.00 bits per heavy atom. The molecule has 0 bridgehead atoms. The first-order chi connectivity index (χ1) is 8.34. The molecule has 1 unspecified atom stereocenters. The van der Waals surface area contributed by atoms with Gasteiger partial charge in [-0.15, -0.1) is 0 Å². The molecular weight excluding hydrogens is 218 g/mol. The average Bonchev–Trinajstić information content (AvgIpc) is 2.28. The molecule has 0 saturated carbocycles. The molecule has 1 heteroatoms. The maximum absolute atomic E-state index is 3.44. The second-order valence-corrected chi connectivity index (χ2v) is 6.64. The van der Waals surface area contributed by atoms with Gasteiger partial charge in [-0.1, -0.05) is 58.9 Å². The van der Waals surface area contributed by atoms with Crippen LogP contribution in [0.25, 0.3) is 0 Å². The molecule has 0 heterocycles. The predicted octanol–water partition coefficient (Wildman–Crippen LogP) is 4.38. The molecule has 0 amide bonds. The van der Waals surface area contributed by atoms with Gasteiger partial charge in [0, 0.05) is 6.04 Å². The minimum Gasteiger partial charge on any atom is -0.316 e. The molecule has 102 valence electrons. The number of benzene rings is 1. The third kappa shape index (κ3) is 4.45. The van der Waals surface area contributed by atoms with Gasteiger partial charge in [0.2, 0.25) is 0 Å². The highest BCUT2D eigenvalue weighted by atomic mass is 14.9. The standard InChI is InChI=1S/C17H29N/c1-13(2)15-10-7-14(8-11-15)9-12-16(18-6)17(3,4)5/h7-8,10-11,13,16,18H,9,12H2,1-6H3. The van der Waals surface area contributed by atoms with E-state index in [1.165, 1.54) is 17.5 Å². The summed E-state index contributed by atoms with van der Waals surface area (Å²) < 4.78 is 0. The van der Waals surface area contributed by atoms with Crippen LogP contribution < -0.4 is 5.32 Å². The number of hydrogen-bond acceptors (Lipinski definition) is 1. The quantitative estimate of drug-likeness (QED) is 0.814. The first-order valence-corrected chi connectivity index (χ1v) is 7.10. The van der Waals surface area contributed by atoms with Gasteiger partial charge >= 0.3 is 0 Å². The van der Waals surface area contributed by atoms with E-state index in [2.05, 4.69) is 71.2 Å². The summed E-state index contributed by atoms with van der Waals surface area (Å²) in [7, 11) is 2.07. The molecule has 1 atom stereocenters. The molecule has 0 aliphatic carbocycles. The Morgan fingerprint density at radius 2 is 1.61 bits per heavy atom. The molecule has 1 rings (SSSR count). The third-order valence-corrected chi connectivity index (χ3v) is 3.76. The van der Waals surface area contributed by atoms with E-state index < -0.39 is 0 Å². The van der Waals surface area contributed by atoms with E-state index in [0.29, 0.717) is 17.4 Å². The molecule has 0 saturated heterocycles. The fourth-order valence-electron chi connectivity index (χ4n) is 2.39. The molecule has 0 spiro atoms. The van der Waals surface area contributed by atoms with E-state index in [1.54, 1.807) is 0 Å². The summed E-state index contributed by atoms with van der Waals surface area (Å²) in [5.74, 6) is 0.624. The minimum absolute atomic E-state index is 0.326. The van der Waals surface area contributed by atoms with Crippen molar-refractivity contribution in [2.45, 2.75) is 59.4 Å². The molecule has 1 aromatic carbocycles. The Morgan fingerprint density at radius 1 is 1.06 bits per heavy atom. The van der Waals surface area contributed by atoms with Crippen LogP contribution in [-0.2, 0) is 6.42 Å². The molecule has 0 aliphatic heterocycles. The number of hydrogen-bond donors (Lipinski definition) is 1. The average molecular weight is 247 g/mol. The zero-order valence-electron chi connectivity index (χ0n) is 12.9. The highest BCUT2D eigenvalue weighted by molar-refractivity contribution is 5.24. The lowest BCUT2D eigenvalue weighted by molar-refractivity contribution is 0.268. The Hall–Kier alpha value is -0.820. The third-order valence-electron chi connectivity index (χ3n) is 3.76. The number of rotatable bonds is 5. The Bertz CT molecular complexity index is 343. The Kier molecular flexibility index (Phi) is 5.40. The molecule has 0 aromatic heterocycles. The SMILES string of the molecule is CNC(CCc1ccc(C(C)C)cc1)C(C)(C)C. The highest BCUT2D eigenvalue weighted by Crippen LogP contribution is 2.23. The second kappa shape index (κ2) is 6.38. The van der Waals surface area contributed by atoms with Gasteiger partial charge in [0.1, 0.15) is 0 Å². The smallest absolute Gasteiger partial charge is 0.0116 e. The van der Waals surface area contributed by atoms with E-state index in [1.807, 2.05) is 0 Å². The van der Waals surface area contributed by atoms with E-state index >= 15 is 0 Å². The molecular formula is C17H29N. The first-order valence-electron chi connectivity index (χ1n) is 7.10. The lowest BCUT2D eigenvalue weighted by Crippen LogP contribution is -2.38. The summed E-state index contributed by atoms with van der Waals surface area (Å²) in [6.45, 7) is 11.4. The largest absolute Gasteiger partial charge is 0.316 e. The van der Waals surface area contributed by atoms with Crippen LogP contribution >= 0.6 is 0 Å². The van der Waals surface area contributed by atoms with Crippen LogP contribution in [0.2, 0.25) is 0 Å². The van der Waals surface area contributed by atoms with Crippen molar-refractivity contribution in [3.63, 3.8) is 0 Å². The van der Waals surface area contributed by atoms with E-state index in [-0.39, 0.29) is 0 Å². The zero-order chi connectivity index (χ0) is 13.8. The second-order valence-electron chi connectivity index (χ2n) is 6.64. The first kappa shape index (κ1) is 15.2.